The highest BCUT2D eigenvalue weighted by atomic mass is 19.1. The highest BCUT2D eigenvalue weighted by Crippen LogP contribution is 2.32. The second kappa shape index (κ2) is 9.05. The van der Waals surface area contributed by atoms with Gasteiger partial charge in [0.25, 0.3) is 0 Å². The van der Waals surface area contributed by atoms with Crippen molar-refractivity contribution in [3.8, 4) is 17.3 Å². The molecule has 0 spiro atoms. The number of halogens is 2. The van der Waals surface area contributed by atoms with Crippen molar-refractivity contribution in [3.05, 3.63) is 65.0 Å². The van der Waals surface area contributed by atoms with E-state index < -0.39 is 17.7 Å². The lowest BCUT2D eigenvalue weighted by Crippen LogP contribution is -2.42. The van der Waals surface area contributed by atoms with Gasteiger partial charge >= 0.3 is 0 Å². The van der Waals surface area contributed by atoms with Crippen LogP contribution in [0.4, 0.5) is 8.78 Å². The Balaban J connectivity index is 1.19. The zero-order valence-corrected chi connectivity index (χ0v) is 19.6. The van der Waals surface area contributed by atoms with Crippen molar-refractivity contribution in [2.75, 3.05) is 13.1 Å². The molecule has 35 heavy (non-hydrogen) atoms. The zero-order chi connectivity index (χ0) is 23.9. The molecule has 2 aromatic heterocycles. The Morgan fingerprint density at radius 3 is 2.74 bits per heavy atom. The second-order valence-corrected chi connectivity index (χ2v) is 9.57. The van der Waals surface area contributed by atoms with E-state index in [0.717, 1.165) is 66.1 Å². The van der Waals surface area contributed by atoms with Crippen molar-refractivity contribution in [1.82, 2.24) is 30.4 Å². The summed E-state index contributed by atoms with van der Waals surface area (Å²) in [5, 5.41) is 12.0. The van der Waals surface area contributed by atoms with Crippen molar-refractivity contribution in [2.24, 2.45) is 0 Å². The third-order valence-corrected chi connectivity index (χ3v) is 6.94. The molecule has 2 aliphatic rings. The van der Waals surface area contributed by atoms with E-state index in [1.807, 2.05) is 18.2 Å². The Hall–Kier alpha value is -3.30. The topological polar surface area (TPSA) is 81.9 Å². The highest BCUT2D eigenvalue weighted by Gasteiger charge is 2.27. The van der Waals surface area contributed by atoms with Crippen LogP contribution in [0, 0.1) is 11.6 Å². The van der Waals surface area contributed by atoms with Crippen LogP contribution in [-0.4, -0.2) is 44.2 Å². The largest absolute Gasteiger partial charge is 0.486 e. The van der Waals surface area contributed by atoms with Crippen molar-refractivity contribution >= 4 is 10.9 Å². The van der Waals surface area contributed by atoms with Crippen LogP contribution in [0.15, 0.2) is 36.4 Å². The van der Waals surface area contributed by atoms with Gasteiger partial charge in [-0.05, 0) is 62.2 Å². The van der Waals surface area contributed by atoms with Crippen LogP contribution < -0.4 is 10.1 Å². The van der Waals surface area contributed by atoms with Gasteiger partial charge in [-0.1, -0.05) is 6.42 Å². The van der Waals surface area contributed by atoms with Crippen molar-refractivity contribution < 1.29 is 13.5 Å². The average molecular weight is 479 g/mol. The van der Waals surface area contributed by atoms with Crippen LogP contribution >= 0.6 is 0 Å². The number of nitrogens with zero attached hydrogens (tertiary/aromatic N) is 3. The molecule has 2 atom stereocenters. The number of nitrogens with one attached hydrogen (secondary N) is 3. The molecule has 6 rings (SSSR count). The van der Waals surface area contributed by atoms with Crippen LogP contribution in [-0.2, 0) is 13.1 Å². The number of imidazole rings is 1. The lowest BCUT2D eigenvalue weighted by atomic mass is 10.0. The molecule has 1 saturated heterocycles. The fraction of sp³-hybridized carbons (Fsp3) is 0.385. The number of aromatic amines is 2. The molecule has 0 aliphatic carbocycles. The molecule has 7 nitrogen and oxygen atoms in total. The van der Waals surface area contributed by atoms with Gasteiger partial charge in [0.15, 0.2) is 5.82 Å². The minimum absolute atomic E-state index is 0.436. The minimum atomic E-state index is -0.623. The maximum atomic E-state index is 13.6. The number of hydrogen-bond acceptors (Lipinski definition) is 5. The van der Waals surface area contributed by atoms with Gasteiger partial charge in [0, 0.05) is 37.1 Å². The Kier molecular flexibility index (Phi) is 5.74. The Morgan fingerprint density at radius 1 is 1.11 bits per heavy atom. The zero-order valence-electron chi connectivity index (χ0n) is 19.6. The van der Waals surface area contributed by atoms with Gasteiger partial charge in [0.2, 0.25) is 0 Å². The summed E-state index contributed by atoms with van der Waals surface area (Å²) in [5.41, 5.74) is 4.23. The summed E-state index contributed by atoms with van der Waals surface area (Å²) in [6.07, 6.45) is 3.28. The lowest BCUT2D eigenvalue weighted by Gasteiger charge is -2.27. The second-order valence-electron chi connectivity index (χ2n) is 9.57. The normalized spacial score (nSPS) is 19.2. The number of ether oxygens (including phenoxy) is 1. The van der Waals surface area contributed by atoms with Crippen LogP contribution in [0.25, 0.3) is 22.4 Å². The van der Waals surface area contributed by atoms with E-state index in [1.54, 1.807) is 6.92 Å². The van der Waals surface area contributed by atoms with E-state index in [-0.39, 0.29) is 0 Å². The molecule has 4 heterocycles. The summed E-state index contributed by atoms with van der Waals surface area (Å²) in [4.78, 5) is 10.8. The number of H-pyrrole nitrogens is 2. The third-order valence-electron chi connectivity index (χ3n) is 6.94. The van der Waals surface area contributed by atoms with E-state index >= 15 is 0 Å². The smallest absolute Gasteiger partial charge is 0.159 e. The van der Waals surface area contributed by atoms with E-state index in [2.05, 4.69) is 25.4 Å². The molecular weight excluding hydrogens is 450 g/mol. The number of benzene rings is 2. The molecule has 182 valence electrons. The van der Waals surface area contributed by atoms with Gasteiger partial charge in [0.05, 0.1) is 16.9 Å². The van der Waals surface area contributed by atoms with Gasteiger partial charge < -0.3 is 15.0 Å². The molecule has 1 fully saturated rings. The van der Waals surface area contributed by atoms with Crippen molar-refractivity contribution in [1.29, 1.82) is 0 Å². The fourth-order valence-corrected chi connectivity index (χ4v) is 5.16. The molecule has 2 aliphatic heterocycles. The molecule has 0 amide bonds. The Labute approximate surface area is 201 Å². The van der Waals surface area contributed by atoms with E-state index in [1.165, 1.54) is 31.4 Å². The van der Waals surface area contributed by atoms with Crippen molar-refractivity contribution in [3.63, 3.8) is 0 Å². The molecule has 4 aromatic rings. The summed E-state index contributed by atoms with van der Waals surface area (Å²) < 4.78 is 33.2. The lowest BCUT2D eigenvalue weighted by molar-refractivity contribution is 0.226. The third kappa shape index (κ3) is 4.53. The average Bonchev–Trinajstić information content (AvgIpc) is 3.52. The molecule has 0 bridgehead atoms. The highest BCUT2D eigenvalue weighted by molar-refractivity contribution is 5.92. The Bertz CT molecular complexity index is 1320. The van der Waals surface area contributed by atoms with Crippen LogP contribution in [0.1, 0.15) is 49.2 Å². The minimum Gasteiger partial charge on any atom is -0.486 e. The van der Waals surface area contributed by atoms with Crippen LogP contribution in [0.3, 0.4) is 0 Å². The molecule has 2 aromatic carbocycles. The number of fused-ring (bicyclic) bond motifs is 2. The first-order chi connectivity index (χ1) is 17.0. The first-order valence-corrected chi connectivity index (χ1v) is 12.2. The summed E-state index contributed by atoms with van der Waals surface area (Å²) in [5.74, 6) is 0.0709. The predicted octanol–water partition coefficient (Wildman–Crippen LogP) is 4.83. The maximum Gasteiger partial charge on any atom is 0.159 e. The van der Waals surface area contributed by atoms with Crippen LogP contribution in [0.5, 0.6) is 5.75 Å². The first kappa shape index (κ1) is 22.2. The standard InChI is InChI=1S/C26H28F2N6O/c1-15(16-8-17(27)10-18(28)9-16)35-20-5-6-22-21(11-20)25(33-32-22)26-30-23-13-34(14-24(23)31-26)12-19-4-2-3-7-29-19/h5-6,8-11,15,19,29H,2-4,7,12-14H2,1H3,(H,30,31)(H,32,33). The molecular formula is C26H28F2N6O. The summed E-state index contributed by atoms with van der Waals surface area (Å²) in [6, 6.07) is 9.57. The predicted molar refractivity (Wildman–Crippen MR) is 129 cm³/mol. The molecule has 3 N–H and O–H groups in total. The quantitative estimate of drug-likeness (QED) is 0.370. The number of piperidine rings is 1. The molecule has 2 unspecified atom stereocenters. The number of aromatic nitrogens is 4. The summed E-state index contributed by atoms with van der Waals surface area (Å²) in [7, 11) is 0. The van der Waals surface area contributed by atoms with E-state index in [4.69, 9.17) is 9.72 Å². The van der Waals surface area contributed by atoms with Crippen LogP contribution in [0.2, 0.25) is 0 Å². The first-order valence-electron chi connectivity index (χ1n) is 12.2. The molecule has 9 heteroatoms. The molecule has 0 radical (unpaired) electrons. The monoisotopic (exact) mass is 478 g/mol. The van der Waals surface area contributed by atoms with Gasteiger partial charge in [-0.25, -0.2) is 13.8 Å². The van der Waals surface area contributed by atoms with E-state index in [0.29, 0.717) is 17.4 Å². The fourth-order valence-electron chi connectivity index (χ4n) is 5.16. The number of hydrogen-bond donors (Lipinski definition) is 3. The SMILES string of the molecule is CC(Oc1ccc2[nH]nc(-c3nc4c([nH]3)CN(CC3CCCCN3)C4)c2c1)c1cc(F)cc(F)c1. The van der Waals surface area contributed by atoms with Gasteiger partial charge in [-0.15, -0.1) is 0 Å². The van der Waals surface area contributed by atoms with Gasteiger partial charge in [-0.3, -0.25) is 10.00 Å². The van der Waals surface area contributed by atoms with Crippen molar-refractivity contribution in [2.45, 2.75) is 51.4 Å². The summed E-state index contributed by atoms with van der Waals surface area (Å²) >= 11 is 0. The van der Waals surface area contributed by atoms with Gasteiger partial charge in [-0.2, -0.15) is 5.10 Å². The summed E-state index contributed by atoms with van der Waals surface area (Å²) in [6.45, 7) is 5.61. The van der Waals surface area contributed by atoms with Gasteiger partial charge in [0.1, 0.15) is 29.2 Å². The molecule has 0 saturated carbocycles. The maximum absolute atomic E-state index is 13.6. The Morgan fingerprint density at radius 2 is 1.97 bits per heavy atom. The van der Waals surface area contributed by atoms with E-state index in [9.17, 15) is 8.78 Å². The number of rotatable bonds is 6.